The van der Waals surface area contributed by atoms with E-state index in [1.807, 2.05) is 32.9 Å². The molecule has 1 saturated heterocycles. The van der Waals surface area contributed by atoms with Crippen LogP contribution in [0.1, 0.15) is 60.5 Å². The number of aromatic nitrogens is 2. The average molecular weight is 474 g/mol. The van der Waals surface area contributed by atoms with Crippen molar-refractivity contribution in [2.75, 3.05) is 31.1 Å². The second kappa shape index (κ2) is 12.2. The molecule has 0 aliphatic carbocycles. The first-order chi connectivity index (χ1) is 15.8. The van der Waals surface area contributed by atoms with Crippen molar-refractivity contribution in [3.05, 3.63) is 46.2 Å². The third-order valence-electron chi connectivity index (χ3n) is 6.15. The van der Waals surface area contributed by atoms with Gasteiger partial charge in [0.2, 0.25) is 5.95 Å². The number of nitrogens with one attached hydrogen (secondary N) is 1. The number of hydrogen-bond donors (Lipinski definition) is 2. The van der Waals surface area contributed by atoms with E-state index in [0.717, 1.165) is 73.6 Å². The van der Waals surface area contributed by atoms with Crippen LogP contribution in [0.15, 0.2) is 24.5 Å². The monoisotopic (exact) mass is 473 g/mol. The first-order valence-corrected chi connectivity index (χ1v) is 12.2. The number of rotatable bonds is 10. The lowest BCUT2D eigenvalue weighted by Crippen LogP contribution is -2.34. The summed E-state index contributed by atoms with van der Waals surface area (Å²) < 4.78 is 6.02. The van der Waals surface area contributed by atoms with Crippen LogP contribution in [0.3, 0.4) is 0 Å². The van der Waals surface area contributed by atoms with E-state index in [1.165, 1.54) is 0 Å². The van der Waals surface area contributed by atoms with Crippen LogP contribution in [-0.2, 0) is 0 Å². The fourth-order valence-electron chi connectivity index (χ4n) is 4.32. The predicted octanol–water partition coefficient (Wildman–Crippen LogP) is 4.29. The Morgan fingerprint density at radius 3 is 2.48 bits per heavy atom. The Morgan fingerprint density at radius 2 is 1.88 bits per heavy atom. The molecule has 7 nitrogen and oxygen atoms in total. The number of piperidine rings is 1. The summed E-state index contributed by atoms with van der Waals surface area (Å²) >= 11 is 5.88. The van der Waals surface area contributed by atoms with E-state index in [-0.39, 0.29) is 11.9 Å². The lowest BCUT2D eigenvalue weighted by Gasteiger charge is -2.32. The predicted molar refractivity (Wildman–Crippen MR) is 133 cm³/mol. The number of amides is 1. The Labute approximate surface area is 202 Å². The standard InChI is InChI=1S/C25H36ClN5O2/c1-17-13-22(14-18(2)23(17)24(32)28-9-6-19(3)27)33-12-4-5-20-7-10-31(11-8-20)25-29-15-21(26)16-30-25/h13-16,19-20H,4-12,27H2,1-3H3,(H,28,32)/t19-/m1/s1. The van der Waals surface area contributed by atoms with Crippen molar-refractivity contribution in [1.29, 1.82) is 0 Å². The Balaban J connectivity index is 1.40. The molecular weight excluding hydrogens is 438 g/mol. The molecule has 1 aliphatic rings. The number of anilines is 1. The highest BCUT2D eigenvalue weighted by atomic mass is 35.5. The zero-order chi connectivity index (χ0) is 23.8. The van der Waals surface area contributed by atoms with Crippen LogP contribution in [0.4, 0.5) is 5.95 Å². The molecule has 2 heterocycles. The molecule has 2 aromatic rings. The van der Waals surface area contributed by atoms with Gasteiger partial charge in [0.1, 0.15) is 5.75 Å². The molecule has 0 saturated carbocycles. The molecule has 0 radical (unpaired) electrons. The molecule has 0 spiro atoms. The maximum Gasteiger partial charge on any atom is 0.251 e. The quantitative estimate of drug-likeness (QED) is 0.500. The van der Waals surface area contributed by atoms with Gasteiger partial charge in [-0.2, -0.15) is 0 Å². The maximum absolute atomic E-state index is 12.5. The van der Waals surface area contributed by atoms with Crippen molar-refractivity contribution >= 4 is 23.5 Å². The lowest BCUT2D eigenvalue weighted by molar-refractivity contribution is 0.0951. The summed E-state index contributed by atoms with van der Waals surface area (Å²) in [5, 5.41) is 3.52. The minimum atomic E-state index is -0.0486. The van der Waals surface area contributed by atoms with Crippen LogP contribution in [0.2, 0.25) is 5.02 Å². The summed E-state index contributed by atoms with van der Waals surface area (Å²) in [5.74, 6) is 2.24. The fraction of sp³-hybridized carbons (Fsp3) is 0.560. The number of halogens is 1. The van der Waals surface area contributed by atoms with Gasteiger partial charge in [-0.3, -0.25) is 4.79 Å². The van der Waals surface area contributed by atoms with E-state index in [0.29, 0.717) is 24.1 Å². The number of aryl methyl sites for hydroxylation is 2. The van der Waals surface area contributed by atoms with E-state index in [2.05, 4.69) is 20.2 Å². The fourth-order valence-corrected chi connectivity index (χ4v) is 4.42. The molecule has 8 heteroatoms. The van der Waals surface area contributed by atoms with E-state index in [4.69, 9.17) is 22.1 Å². The van der Waals surface area contributed by atoms with Crippen LogP contribution >= 0.6 is 11.6 Å². The average Bonchev–Trinajstić information content (AvgIpc) is 2.77. The lowest BCUT2D eigenvalue weighted by atomic mass is 9.92. The molecule has 3 N–H and O–H groups in total. The first kappa shape index (κ1) is 25.2. The molecule has 180 valence electrons. The van der Waals surface area contributed by atoms with Crippen LogP contribution in [-0.4, -0.2) is 48.2 Å². The summed E-state index contributed by atoms with van der Waals surface area (Å²) in [6, 6.07) is 3.99. The SMILES string of the molecule is Cc1cc(OCCCC2CCN(c3ncc(Cl)cn3)CC2)cc(C)c1C(=O)NCC[C@@H](C)N. The molecule has 3 rings (SSSR count). The molecule has 1 amide bonds. The van der Waals surface area contributed by atoms with Gasteiger partial charge in [0.15, 0.2) is 0 Å². The van der Waals surface area contributed by atoms with E-state index < -0.39 is 0 Å². The molecule has 0 unspecified atom stereocenters. The summed E-state index contributed by atoms with van der Waals surface area (Å²) in [5.41, 5.74) is 8.34. The Hall–Kier alpha value is -2.38. The molecule has 1 aliphatic heterocycles. The minimum absolute atomic E-state index is 0.0486. The normalized spacial score (nSPS) is 15.4. The molecular formula is C25H36ClN5O2. The number of nitrogens with zero attached hydrogens (tertiary/aromatic N) is 3. The zero-order valence-electron chi connectivity index (χ0n) is 19.9. The summed E-state index contributed by atoms with van der Waals surface area (Å²) in [6.07, 6.45) is 8.50. The number of ether oxygens (including phenoxy) is 1. The maximum atomic E-state index is 12.5. The molecule has 1 aromatic heterocycles. The van der Waals surface area contributed by atoms with E-state index in [1.54, 1.807) is 12.4 Å². The van der Waals surface area contributed by atoms with Gasteiger partial charge in [0.05, 0.1) is 24.0 Å². The molecule has 0 bridgehead atoms. The van der Waals surface area contributed by atoms with Crippen LogP contribution in [0, 0.1) is 19.8 Å². The highest BCUT2D eigenvalue weighted by molar-refractivity contribution is 6.30. The summed E-state index contributed by atoms with van der Waals surface area (Å²) in [6.45, 7) is 9.06. The first-order valence-electron chi connectivity index (χ1n) is 11.8. The van der Waals surface area contributed by atoms with Gasteiger partial charge in [-0.25, -0.2) is 9.97 Å². The van der Waals surface area contributed by atoms with Gasteiger partial charge in [0.25, 0.3) is 5.91 Å². The molecule has 1 atom stereocenters. The summed E-state index contributed by atoms with van der Waals surface area (Å²) in [4.78, 5) is 23.4. The number of carbonyl (C=O) groups excluding carboxylic acids is 1. The van der Waals surface area contributed by atoms with Crippen molar-refractivity contribution in [3.8, 4) is 5.75 Å². The topological polar surface area (TPSA) is 93.4 Å². The highest BCUT2D eigenvalue weighted by Crippen LogP contribution is 2.26. The molecule has 1 fully saturated rings. The van der Waals surface area contributed by atoms with Crippen LogP contribution in [0.5, 0.6) is 5.75 Å². The van der Waals surface area contributed by atoms with E-state index >= 15 is 0 Å². The molecule has 33 heavy (non-hydrogen) atoms. The van der Waals surface area contributed by atoms with E-state index in [9.17, 15) is 4.79 Å². The smallest absolute Gasteiger partial charge is 0.251 e. The van der Waals surface area contributed by atoms with Crippen molar-refractivity contribution < 1.29 is 9.53 Å². The van der Waals surface area contributed by atoms with Crippen LogP contribution in [0.25, 0.3) is 0 Å². The van der Waals surface area contributed by atoms with Crippen molar-refractivity contribution in [2.45, 2.75) is 58.9 Å². The second-order valence-corrected chi connectivity index (χ2v) is 9.51. The van der Waals surface area contributed by atoms with Crippen molar-refractivity contribution in [1.82, 2.24) is 15.3 Å². The molecule has 1 aromatic carbocycles. The van der Waals surface area contributed by atoms with Gasteiger partial charge >= 0.3 is 0 Å². The minimum Gasteiger partial charge on any atom is -0.494 e. The Morgan fingerprint density at radius 1 is 1.24 bits per heavy atom. The van der Waals surface area contributed by atoms with Crippen molar-refractivity contribution in [2.24, 2.45) is 11.7 Å². The van der Waals surface area contributed by atoms with Gasteiger partial charge in [0, 0.05) is 31.2 Å². The van der Waals surface area contributed by atoms with Gasteiger partial charge in [-0.1, -0.05) is 11.6 Å². The number of nitrogens with two attached hydrogens (primary N) is 1. The zero-order valence-corrected chi connectivity index (χ0v) is 20.7. The number of hydrogen-bond acceptors (Lipinski definition) is 6. The number of carbonyl (C=O) groups is 1. The van der Waals surface area contributed by atoms with Gasteiger partial charge in [-0.15, -0.1) is 0 Å². The third kappa shape index (κ3) is 7.57. The summed E-state index contributed by atoms with van der Waals surface area (Å²) in [7, 11) is 0. The Kier molecular flexibility index (Phi) is 9.32. The number of benzene rings is 1. The highest BCUT2D eigenvalue weighted by Gasteiger charge is 2.21. The van der Waals surface area contributed by atoms with Gasteiger partial charge < -0.3 is 20.7 Å². The Bertz CT molecular complexity index is 889. The van der Waals surface area contributed by atoms with Gasteiger partial charge in [-0.05, 0) is 82.1 Å². The largest absolute Gasteiger partial charge is 0.494 e. The third-order valence-corrected chi connectivity index (χ3v) is 6.34. The van der Waals surface area contributed by atoms with Crippen molar-refractivity contribution in [3.63, 3.8) is 0 Å². The second-order valence-electron chi connectivity index (χ2n) is 9.08. The van der Waals surface area contributed by atoms with Crippen LogP contribution < -0.4 is 20.7 Å².